The fourth-order valence-electron chi connectivity index (χ4n) is 3.22. The normalized spacial score (nSPS) is 16.4. The standard InChI is InChI=1S/C20H31N3O2/c1-15-7-8-17(16(2)13-15)19(25)23-10-6-9-22(11-12-23)14-18(24)21-20(3,4)5/h7-8,13H,6,9-12,14H2,1-5H3,(H,21,24). The lowest BCUT2D eigenvalue weighted by atomic mass is 10.0. The van der Waals surface area contributed by atoms with E-state index < -0.39 is 0 Å². The van der Waals surface area contributed by atoms with Crippen molar-refractivity contribution in [2.75, 3.05) is 32.7 Å². The number of nitrogens with zero attached hydrogens (tertiary/aromatic N) is 2. The van der Waals surface area contributed by atoms with Crippen LogP contribution in [0.3, 0.4) is 0 Å². The van der Waals surface area contributed by atoms with E-state index in [4.69, 9.17) is 0 Å². The van der Waals surface area contributed by atoms with Gasteiger partial charge < -0.3 is 10.2 Å². The Labute approximate surface area is 151 Å². The van der Waals surface area contributed by atoms with E-state index in [1.165, 1.54) is 5.56 Å². The number of carbonyl (C=O) groups excluding carboxylic acids is 2. The first-order chi connectivity index (χ1) is 11.7. The Balaban J connectivity index is 1.94. The molecule has 0 unspecified atom stereocenters. The molecule has 0 aliphatic carbocycles. The highest BCUT2D eigenvalue weighted by Crippen LogP contribution is 2.15. The molecule has 1 fully saturated rings. The van der Waals surface area contributed by atoms with Crippen LogP contribution in [0.15, 0.2) is 18.2 Å². The fraction of sp³-hybridized carbons (Fsp3) is 0.600. The van der Waals surface area contributed by atoms with Crippen LogP contribution in [0.5, 0.6) is 0 Å². The van der Waals surface area contributed by atoms with Crippen LogP contribution in [-0.4, -0.2) is 59.9 Å². The third kappa shape index (κ3) is 5.85. The molecule has 1 saturated heterocycles. The molecule has 1 aromatic rings. The molecule has 5 heteroatoms. The van der Waals surface area contributed by atoms with Gasteiger partial charge in [0.15, 0.2) is 0 Å². The zero-order valence-corrected chi connectivity index (χ0v) is 16.2. The molecule has 2 rings (SSSR count). The summed E-state index contributed by atoms with van der Waals surface area (Å²) in [5, 5.41) is 3.00. The molecule has 1 aromatic carbocycles. The zero-order chi connectivity index (χ0) is 18.6. The van der Waals surface area contributed by atoms with Gasteiger partial charge in [0.05, 0.1) is 6.54 Å². The first-order valence-corrected chi connectivity index (χ1v) is 9.05. The number of hydrogen-bond donors (Lipinski definition) is 1. The minimum Gasteiger partial charge on any atom is -0.350 e. The van der Waals surface area contributed by atoms with E-state index in [1.807, 2.05) is 57.7 Å². The summed E-state index contributed by atoms with van der Waals surface area (Å²) < 4.78 is 0. The van der Waals surface area contributed by atoms with E-state index >= 15 is 0 Å². The van der Waals surface area contributed by atoms with Crippen LogP contribution in [0.1, 0.15) is 48.7 Å². The third-order valence-electron chi connectivity index (χ3n) is 4.37. The fourth-order valence-corrected chi connectivity index (χ4v) is 3.22. The predicted molar refractivity (Wildman–Crippen MR) is 101 cm³/mol. The van der Waals surface area contributed by atoms with Crippen LogP contribution in [0, 0.1) is 13.8 Å². The van der Waals surface area contributed by atoms with Crippen molar-refractivity contribution in [2.24, 2.45) is 0 Å². The molecule has 0 spiro atoms. The van der Waals surface area contributed by atoms with E-state index in [0.717, 1.165) is 37.2 Å². The zero-order valence-electron chi connectivity index (χ0n) is 16.2. The maximum Gasteiger partial charge on any atom is 0.254 e. The summed E-state index contributed by atoms with van der Waals surface area (Å²) in [7, 11) is 0. The van der Waals surface area contributed by atoms with Gasteiger partial charge in [0.1, 0.15) is 0 Å². The molecular weight excluding hydrogens is 314 g/mol. The average molecular weight is 345 g/mol. The lowest BCUT2D eigenvalue weighted by Crippen LogP contribution is -2.46. The number of benzene rings is 1. The summed E-state index contributed by atoms with van der Waals surface area (Å²) >= 11 is 0. The maximum absolute atomic E-state index is 12.8. The molecule has 0 atom stereocenters. The summed E-state index contributed by atoms with van der Waals surface area (Å²) in [5.74, 6) is 0.139. The minimum atomic E-state index is -0.214. The van der Waals surface area contributed by atoms with Crippen LogP contribution < -0.4 is 5.32 Å². The van der Waals surface area contributed by atoms with Crippen LogP contribution in [0.25, 0.3) is 0 Å². The smallest absolute Gasteiger partial charge is 0.254 e. The molecule has 1 heterocycles. The molecule has 0 radical (unpaired) electrons. The van der Waals surface area contributed by atoms with E-state index in [1.54, 1.807) is 0 Å². The van der Waals surface area contributed by atoms with Crippen LogP contribution in [-0.2, 0) is 4.79 Å². The first-order valence-electron chi connectivity index (χ1n) is 9.05. The highest BCUT2D eigenvalue weighted by molar-refractivity contribution is 5.95. The number of carbonyl (C=O) groups is 2. The maximum atomic E-state index is 12.8. The Bertz CT molecular complexity index is 634. The van der Waals surface area contributed by atoms with Crippen molar-refractivity contribution in [1.82, 2.24) is 15.1 Å². The second kappa shape index (κ2) is 8.00. The van der Waals surface area contributed by atoms with Gasteiger partial charge in [-0.25, -0.2) is 0 Å². The van der Waals surface area contributed by atoms with Crippen molar-refractivity contribution in [1.29, 1.82) is 0 Å². The molecule has 2 amide bonds. The molecule has 1 aliphatic heterocycles. The summed E-state index contributed by atoms with van der Waals surface area (Å²) in [6.07, 6.45) is 0.888. The molecule has 0 bridgehead atoms. The van der Waals surface area contributed by atoms with E-state index in [0.29, 0.717) is 13.1 Å². The molecule has 25 heavy (non-hydrogen) atoms. The lowest BCUT2D eigenvalue weighted by molar-refractivity contribution is -0.123. The van der Waals surface area contributed by atoms with E-state index in [2.05, 4.69) is 10.2 Å². The molecule has 0 saturated carbocycles. The highest BCUT2D eigenvalue weighted by Gasteiger charge is 2.23. The van der Waals surface area contributed by atoms with E-state index in [-0.39, 0.29) is 17.4 Å². The largest absolute Gasteiger partial charge is 0.350 e. The van der Waals surface area contributed by atoms with Crippen molar-refractivity contribution in [3.8, 4) is 0 Å². The molecule has 138 valence electrons. The Morgan fingerprint density at radius 2 is 1.80 bits per heavy atom. The predicted octanol–water partition coefficient (Wildman–Crippen LogP) is 2.37. The third-order valence-corrected chi connectivity index (χ3v) is 4.37. The lowest BCUT2D eigenvalue weighted by Gasteiger charge is -2.25. The highest BCUT2D eigenvalue weighted by atomic mass is 16.2. The average Bonchev–Trinajstić information content (AvgIpc) is 2.70. The van der Waals surface area contributed by atoms with Gasteiger partial charge in [-0.2, -0.15) is 0 Å². The van der Waals surface area contributed by atoms with E-state index in [9.17, 15) is 9.59 Å². The van der Waals surface area contributed by atoms with Crippen LogP contribution in [0.4, 0.5) is 0 Å². The number of rotatable bonds is 3. The number of amides is 2. The molecule has 5 nitrogen and oxygen atoms in total. The minimum absolute atomic E-state index is 0.0432. The number of aryl methyl sites for hydroxylation is 2. The second-order valence-electron chi connectivity index (χ2n) is 8.04. The Kier molecular flexibility index (Phi) is 6.22. The SMILES string of the molecule is Cc1ccc(C(=O)N2CCCN(CC(=O)NC(C)(C)C)CC2)c(C)c1. The molecular formula is C20H31N3O2. The van der Waals surface area contributed by atoms with Gasteiger partial charge in [-0.1, -0.05) is 17.7 Å². The summed E-state index contributed by atoms with van der Waals surface area (Å²) in [4.78, 5) is 29.0. The molecule has 1 N–H and O–H groups in total. The summed E-state index contributed by atoms with van der Waals surface area (Å²) in [6, 6.07) is 5.96. The van der Waals surface area contributed by atoms with Gasteiger partial charge in [0.25, 0.3) is 5.91 Å². The van der Waals surface area contributed by atoms with Crippen molar-refractivity contribution >= 4 is 11.8 Å². The van der Waals surface area contributed by atoms with Gasteiger partial charge in [-0.05, 0) is 52.7 Å². The number of nitrogens with one attached hydrogen (secondary N) is 1. The van der Waals surface area contributed by atoms with Crippen molar-refractivity contribution in [2.45, 2.75) is 46.6 Å². The van der Waals surface area contributed by atoms with Crippen molar-refractivity contribution in [3.05, 3.63) is 34.9 Å². The Morgan fingerprint density at radius 3 is 2.44 bits per heavy atom. The Morgan fingerprint density at radius 1 is 1.08 bits per heavy atom. The second-order valence-corrected chi connectivity index (χ2v) is 8.04. The van der Waals surface area contributed by atoms with Gasteiger partial charge in [0, 0.05) is 37.3 Å². The van der Waals surface area contributed by atoms with Crippen molar-refractivity contribution < 1.29 is 9.59 Å². The van der Waals surface area contributed by atoms with Crippen LogP contribution in [0.2, 0.25) is 0 Å². The van der Waals surface area contributed by atoms with Gasteiger partial charge in [0.2, 0.25) is 5.91 Å². The Hall–Kier alpha value is -1.88. The molecule has 0 aromatic heterocycles. The summed E-state index contributed by atoms with van der Waals surface area (Å²) in [5.41, 5.74) is 2.76. The van der Waals surface area contributed by atoms with Crippen LogP contribution >= 0.6 is 0 Å². The quantitative estimate of drug-likeness (QED) is 0.915. The van der Waals surface area contributed by atoms with Gasteiger partial charge >= 0.3 is 0 Å². The monoisotopic (exact) mass is 345 g/mol. The number of hydrogen-bond acceptors (Lipinski definition) is 3. The van der Waals surface area contributed by atoms with Gasteiger partial charge in [-0.3, -0.25) is 14.5 Å². The van der Waals surface area contributed by atoms with Gasteiger partial charge in [-0.15, -0.1) is 0 Å². The molecule has 1 aliphatic rings. The van der Waals surface area contributed by atoms with Crippen molar-refractivity contribution in [3.63, 3.8) is 0 Å². The summed E-state index contributed by atoms with van der Waals surface area (Å²) in [6.45, 7) is 13.3. The topological polar surface area (TPSA) is 52.7 Å². The first kappa shape index (κ1) is 19.4.